The molecule has 1 heterocycles. The molecular weight excluding hydrogens is 102 g/mol. The Morgan fingerprint density at radius 3 is 2.50 bits per heavy atom. The third kappa shape index (κ3) is 0.911. The molecule has 1 unspecified atom stereocenters. The molecule has 3 nitrogen and oxygen atoms in total. The molecule has 0 amide bonds. The fourth-order valence-electron chi connectivity index (χ4n) is 0.476. The first-order valence-corrected chi connectivity index (χ1v) is 2.74. The molecule has 0 aromatic rings. The fourth-order valence-corrected chi connectivity index (χ4v) is 0.476. The van der Waals surface area contributed by atoms with Crippen molar-refractivity contribution < 1.29 is 0 Å². The van der Waals surface area contributed by atoms with Crippen molar-refractivity contribution in [3.05, 3.63) is 0 Å². The first-order chi connectivity index (χ1) is 3.80. The third-order valence-electron chi connectivity index (χ3n) is 1.35. The van der Waals surface area contributed by atoms with Crippen LogP contribution in [0.3, 0.4) is 0 Å². The van der Waals surface area contributed by atoms with E-state index >= 15 is 0 Å². The Kier molecular flexibility index (Phi) is 1.37. The molecule has 8 heavy (non-hydrogen) atoms. The van der Waals surface area contributed by atoms with Crippen LogP contribution in [0.25, 0.3) is 0 Å². The van der Waals surface area contributed by atoms with E-state index in [1.165, 1.54) is 0 Å². The summed E-state index contributed by atoms with van der Waals surface area (Å²) in [5.41, 5.74) is 0. The summed E-state index contributed by atoms with van der Waals surface area (Å²) in [6.45, 7) is 4.10. The van der Waals surface area contributed by atoms with E-state index in [0.717, 1.165) is 0 Å². The molecule has 44 valence electrons. The predicted molar refractivity (Wildman–Crippen MR) is 32.0 cm³/mol. The van der Waals surface area contributed by atoms with Crippen LogP contribution in [0.4, 0.5) is 0 Å². The molecule has 0 saturated carbocycles. The lowest BCUT2D eigenvalue weighted by Gasteiger charge is -2.09. The molecule has 0 bridgehead atoms. The number of rotatable bonds is 0. The van der Waals surface area contributed by atoms with Crippen molar-refractivity contribution in [3.8, 4) is 0 Å². The summed E-state index contributed by atoms with van der Waals surface area (Å²) in [6, 6.07) is 0.312. The summed E-state index contributed by atoms with van der Waals surface area (Å²) in [7, 11) is 0. The molecule has 1 aliphatic rings. The Morgan fingerprint density at radius 2 is 2.12 bits per heavy atom. The molecule has 0 spiro atoms. The van der Waals surface area contributed by atoms with Crippen LogP contribution in [0.5, 0.6) is 0 Å². The van der Waals surface area contributed by atoms with Crippen molar-refractivity contribution in [2.24, 2.45) is 21.4 Å². The minimum absolute atomic E-state index is 0.312. The van der Waals surface area contributed by atoms with Gasteiger partial charge in [-0.05, 0) is 12.1 Å². The van der Waals surface area contributed by atoms with E-state index in [1.54, 1.807) is 0 Å². The van der Waals surface area contributed by atoms with E-state index in [2.05, 4.69) is 22.4 Å². The van der Waals surface area contributed by atoms with Crippen molar-refractivity contribution in [1.82, 2.24) is 0 Å². The van der Waals surface area contributed by atoms with Crippen LogP contribution >= 0.6 is 0 Å². The summed E-state index contributed by atoms with van der Waals surface area (Å²) in [6.07, 6.45) is 1.82. The minimum Gasteiger partial charge on any atom is -0.165 e. The highest BCUT2D eigenvalue weighted by Crippen LogP contribution is 2.08. The minimum atomic E-state index is 0.312. The summed E-state index contributed by atoms with van der Waals surface area (Å²) < 4.78 is 0. The highest BCUT2D eigenvalue weighted by Gasteiger charge is 2.10. The first kappa shape index (κ1) is 5.41. The average molecular weight is 111 g/mol. The normalized spacial score (nSPS) is 35.8. The highest BCUT2D eigenvalue weighted by molar-refractivity contribution is 5.61. The smallest absolute Gasteiger partial charge is 0.0777 e. The molecule has 0 radical (unpaired) electrons. The van der Waals surface area contributed by atoms with Crippen LogP contribution in [0.1, 0.15) is 13.8 Å². The molecule has 0 aliphatic carbocycles. The van der Waals surface area contributed by atoms with Crippen LogP contribution in [0.2, 0.25) is 0 Å². The zero-order valence-corrected chi connectivity index (χ0v) is 5.07. The Morgan fingerprint density at radius 1 is 1.38 bits per heavy atom. The second-order valence-electron chi connectivity index (χ2n) is 2.07. The zero-order chi connectivity index (χ0) is 5.98. The Bertz CT molecular complexity index is 112. The average Bonchev–Trinajstić information content (AvgIpc) is 1.77. The molecule has 0 aromatic heterocycles. The van der Waals surface area contributed by atoms with Gasteiger partial charge in [-0.1, -0.05) is 6.92 Å². The van der Waals surface area contributed by atoms with Gasteiger partial charge in [0, 0.05) is 12.1 Å². The van der Waals surface area contributed by atoms with Crippen LogP contribution in [0, 0.1) is 5.92 Å². The van der Waals surface area contributed by atoms with Crippen LogP contribution in [-0.4, -0.2) is 12.3 Å². The van der Waals surface area contributed by atoms with Gasteiger partial charge in [-0.25, -0.2) is 0 Å². The number of hydrogen-bond donors (Lipinski definition) is 0. The van der Waals surface area contributed by atoms with Crippen molar-refractivity contribution in [2.45, 2.75) is 19.9 Å². The number of hydrogen-bond acceptors (Lipinski definition) is 3. The molecule has 3 heteroatoms. The van der Waals surface area contributed by atoms with E-state index in [-0.39, 0.29) is 0 Å². The summed E-state index contributed by atoms with van der Waals surface area (Å²) >= 11 is 0. The maximum atomic E-state index is 3.84. The molecule has 0 fully saturated rings. The third-order valence-corrected chi connectivity index (χ3v) is 1.35. The van der Waals surface area contributed by atoms with E-state index in [0.29, 0.717) is 12.0 Å². The van der Waals surface area contributed by atoms with Gasteiger partial charge in [0.2, 0.25) is 0 Å². The summed E-state index contributed by atoms with van der Waals surface area (Å²) in [5, 5.41) is 11.0. The molecule has 0 N–H and O–H groups in total. The lowest BCUT2D eigenvalue weighted by molar-refractivity contribution is 0.568. The van der Waals surface area contributed by atoms with Crippen LogP contribution < -0.4 is 0 Å². The quantitative estimate of drug-likeness (QED) is 0.454. The monoisotopic (exact) mass is 111 g/mol. The van der Waals surface area contributed by atoms with Gasteiger partial charge in [-0.2, -0.15) is 5.11 Å². The first-order valence-electron chi connectivity index (χ1n) is 2.74. The molecule has 0 aromatic carbocycles. The van der Waals surface area contributed by atoms with E-state index in [1.807, 2.05) is 13.1 Å². The summed E-state index contributed by atoms with van der Waals surface area (Å²) in [4.78, 5) is 0. The van der Waals surface area contributed by atoms with Gasteiger partial charge in [0.15, 0.2) is 0 Å². The molecule has 1 aliphatic heterocycles. The van der Waals surface area contributed by atoms with E-state index in [9.17, 15) is 0 Å². The Labute approximate surface area is 48.5 Å². The Balaban J connectivity index is 2.59. The van der Waals surface area contributed by atoms with Gasteiger partial charge < -0.3 is 0 Å². The van der Waals surface area contributed by atoms with Crippen LogP contribution in [0.15, 0.2) is 15.4 Å². The van der Waals surface area contributed by atoms with Gasteiger partial charge >= 0.3 is 0 Å². The van der Waals surface area contributed by atoms with Crippen molar-refractivity contribution >= 4 is 6.21 Å². The predicted octanol–water partition coefficient (Wildman–Crippen LogP) is 1.46. The highest BCUT2D eigenvalue weighted by atomic mass is 15.4. The second kappa shape index (κ2) is 2.03. The topological polar surface area (TPSA) is 37.1 Å². The fraction of sp³-hybridized carbons (Fsp3) is 0.800. The maximum Gasteiger partial charge on any atom is 0.0777 e. The SMILES string of the molecule is CC1N=NN=C[C@@H]1C. The molecule has 2 atom stereocenters. The van der Waals surface area contributed by atoms with Gasteiger partial charge in [0.1, 0.15) is 0 Å². The van der Waals surface area contributed by atoms with Gasteiger partial charge in [-0.15, -0.1) is 5.10 Å². The van der Waals surface area contributed by atoms with Crippen LogP contribution in [-0.2, 0) is 0 Å². The lowest BCUT2D eigenvalue weighted by Crippen LogP contribution is -2.13. The van der Waals surface area contributed by atoms with E-state index < -0.39 is 0 Å². The lowest BCUT2D eigenvalue weighted by atomic mass is 10.1. The Hall–Kier alpha value is -0.730. The largest absolute Gasteiger partial charge is 0.165 e. The van der Waals surface area contributed by atoms with E-state index in [4.69, 9.17) is 0 Å². The van der Waals surface area contributed by atoms with Crippen molar-refractivity contribution in [1.29, 1.82) is 0 Å². The van der Waals surface area contributed by atoms with Gasteiger partial charge in [-0.3, -0.25) is 0 Å². The van der Waals surface area contributed by atoms with Gasteiger partial charge in [0.25, 0.3) is 0 Å². The summed E-state index contributed by atoms with van der Waals surface area (Å²) in [5.74, 6) is 0.451. The second-order valence-corrected chi connectivity index (χ2v) is 2.07. The molecule has 0 saturated heterocycles. The number of nitrogens with zero attached hydrogens (tertiary/aromatic N) is 3. The van der Waals surface area contributed by atoms with Crippen molar-refractivity contribution in [2.75, 3.05) is 0 Å². The van der Waals surface area contributed by atoms with Gasteiger partial charge in [0.05, 0.1) is 6.04 Å². The zero-order valence-electron chi connectivity index (χ0n) is 5.07. The maximum absolute atomic E-state index is 3.84. The molecule has 1 rings (SSSR count). The van der Waals surface area contributed by atoms with Crippen molar-refractivity contribution in [3.63, 3.8) is 0 Å². The standard InChI is InChI=1S/C5H9N3/c1-4-3-6-8-7-5(4)2/h3-5H,1-2H3/t4-,5?/m0/s1. The molecular formula is C5H9N3.